The number of hydrogen-bond donors (Lipinski definition) is 0. The van der Waals surface area contributed by atoms with Crippen molar-refractivity contribution >= 4 is 17.4 Å². The van der Waals surface area contributed by atoms with E-state index in [1.165, 1.54) is 30.2 Å². The average Bonchev–Trinajstić information content (AvgIpc) is 2.40. The molecule has 0 saturated heterocycles. The Balaban J connectivity index is 2.34. The second-order valence-electron chi connectivity index (χ2n) is 3.20. The fourth-order valence-electron chi connectivity index (χ4n) is 1.28. The maximum atomic E-state index is 10.8. The Morgan fingerprint density at radius 3 is 2.83 bits per heavy atom. The second kappa shape index (κ2) is 5.25. The monoisotopic (exact) mass is 258 g/mol. The third-order valence-electron chi connectivity index (χ3n) is 2.06. The molecule has 0 aliphatic carbocycles. The summed E-state index contributed by atoms with van der Waals surface area (Å²) in [5.74, 6) is 0. The number of nitro benzene ring substituents is 1. The molecule has 0 spiro atoms. The molecule has 0 fully saturated rings. The molecule has 18 heavy (non-hydrogen) atoms. The van der Waals surface area contributed by atoms with E-state index in [-0.39, 0.29) is 11.3 Å². The van der Waals surface area contributed by atoms with Crippen molar-refractivity contribution in [1.82, 2.24) is 9.97 Å². The zero-order valence-corrected chi connectivity index (χ0v) is 9.79. The van der Waals surface area contributed by atoms with E-state index in [1.54, 1.807) is 24.4 Å². The molecule has 0 radical (unpaired) electrons. The Labute approximate surface area is 106 Å². The quantitative estimate of drug-likeness (QED) is 0.476. The van der Waals surface area contributed by atoms with Crippen LogP contribution in [0.3, 0.4) is 0 Å². The molecule has 0 unspecified atom stereocenters. The van der Waals surface area contributed by atoms with Crippen LogP contribution < -0.4 is 0 Å². The van der Waals surface area contributed by atoms with Crippen molar-refractivity contribution in [3.05, 3.63) is 52.5 Å². The van der Waals surface area contributed by atoms with Crippen molar-refractivity contribution in [2.75, 3.05) is 0 Å². The molecule has 0 amide bonds. The van der Waals surface area contributed by atoms with E-state index >= 15 is 0 Å². The lowest BCUT2D eigenvalue weighted by atomic mass is 10.2. The molecular formula is C11H6N4O2S. The SMILES string of the molecule is N#Cc1ccc(Sc2ccncn2)cc1[N+](=O)[O-]. The van der Waals surface area contributed by atoms with E-state index in [9.17, 15) is 10.1 Å². The standard InChI is InChI=1S/C11H6N4O2S/c12-6-8-1-2-9(5-10(8)15(16)17)18-11-3-4-13-7-14-11/h1-5,7H. The molecule has 88 valence electrons. The van der Waals surface area contributed by atoms with Gasteiger partial charge in [-0.1, -0.05) is 11.8 Å². The minimum absolute atomic E-state index is 0.0482. The Bertz CT molecular complexity index is 625. The Morgan fingerprint density at radius 1 is 1.39 bits per heavy atom. The normalized spacial score (nSPS) is 9.72. The van der Waals surface area contributed by atoms with Crippen LogP contribution in [0.25, 0.3) is 0 Å². The first-order valence-corrected chi connectivity index (χ1v) is 5.65. The highest BCUT2D eigenvalue weighted by atomic mass is 32.2. The zero-order valence-electron chi connectivity index (χ0n) is 8.98. The molecule has 1 aromatic carbocycles. The van der Waals surface area contributed by atoms with Crippen molar-refractivity contribution in [2.45, 2.75) is 9.92 Å². The lowest BCUT2D eigenvalue weighted by molar-refractivity contribution is -0.385. The van der Waals surface area contributed by atoms with Gasteiger partial charge in [-0.2, -0.15) is 5.26 Å². The third kappa shape index (κ3) is 2.61. The summed E-state index contributed by atoms with van der Waals surface area (Å²) in [7, 11) is 0. The summed E-state index contributed by atoms with van der Waals surface area (Å²) in [6.45, 7) is 0. The minimum Gasteiger partial charge on any atom is -0.258 e. The zero-order chi connectivity index (χ0) is 13.0. The largest absolute Gasteiger partial charge is 0.288 e. The number of nitrogens with zero attached hydrogens (tertiary/aromatic N) is 4. The summed E-state index contributed by atoms with van der Waals surface area (Å²) in [5.41, 5.74) is -0.149. The number of nitriles is 1. The molecule has 2 aromatic rings. The first-order chi connectivity index (χ1) is 8.70. The van der Waals surface area contributed by atoms with Gasteiger partial charge in [-0.3, -0.25) is 10.1 Å². The van der Waals surface area contributed by atoms with E-state index in [0.29, 0.717) is 9.92 Å². The van der Waals surface area contributed by atoms with Gasteiger partial charge in [0.2, 0.25) is 0 Å². The summed E-state index contributed by atoms with van der Waals surface area (Å²) in [6, 6.07) is 7.94. The third-order valence-corrected chi connectivity index (χ3v) is 3.00. The number of hydrogen-bond acceptors (Lipinski definition) is 6. The topological polar surface area (TPSA) is 92.7 Å². The first kappa shape index (κ1) is 12.0. The predicted molar refractivity (Wildman–Crippen MR) is 64.0 cm³/mol. The smallest absolute Gasteiger partial charge is 0.258 e. The molecule has 1 aromatic heterocycles. The summed E-state index contributed by atoms with van der Waals surface area (Å²) in [6.07, 6.45) is 2.99. The van der Waals surface area contributed by atoms with Gasteiger partial charge in [0.1, 0.15) is 23.0 Å². The van der Waals surface area contributed by atoms with Crippen LogP contribution in [0.1, 0.15) is 5.56 Å². The van der Waals surface area contributed by atoms with E-state index in [2.05, 4.69) is 9.97 Å². The van der Waals surface area contributed by atoms with Gasteiger partial charge >= 0.3 is 0 Å². The maximum absolute atomic E-state index is 10.8. The van der Waals surface area contributed by atoms with Crippen molar-refractivity contribution in [2.24, 2.45) is 0 Å². The molecule has 0 atom stereocenters. The van der Waals surface area contributed by atoms with Crippen molar-refractivity contribution < 1.29 is 4.92 Å². The van der Waals surface area contributed by atoms with Gasteiger partial charge in [0.15, 0.2) is 0 Å². The van der Waals surface area contributed by atoms with Crippen molar-refractivity contribution in [3.63, 3.8) is 0 Å². The highest BCUT2D eigenvalue weighted by molar-refractivity contribution is 7.99. The molecule has 0 saturated carbocycles. The van der Waals surface area contributed by atoms with Gasteiger partial charge in [-0.25, -0.2) is 9.97 Å². The van der Waals surface area contributed by atoms with Gasteiger partial charge in [0, 0.05) is 17.2 Å². The Kier molecular flexibility index (Phi) is 3.50. The first-order valence-electron chi connectivity index (χ1n) is 4.83. The summed E-state index contributed by atoms with van der Waals surface area (Å²) in [5, 5.41) is 20.3. The van der Waals surface area contributed by atoms with Crippen molar-refractivity contribution in [3.8, 4) is 6.07 Å². The van der Waals surface area contributed by atoms with Crippen LogP contribution in [-0.4, -0.2) is 14.9 Å². The fourth-order valence-corrected chi connectivity index (χ4v) is 2.06. The van der Waals surface area contributed by atoms with Crippen LogP contribution in [0, 0.1) is 21.4 Å². The molecule has 0 bridgehead atoms. The van der Waals surface area contributed by atoms with Gasteiger partial charge in [-0.05, 0) is 18.2 Å². The Morgan fingerprint density at radius 2 is 2.22 bits per heavy atom. The second-order valence-corrected chi connectivity index (χ2v) is 4.29. The van der Waals surface area contributed by atoms with Gasteiger partial charge in [0.25, 0.3) is 5.69 Å². The number of benzene rings is 1. The number of rotatable bonds is 3. The van der Waals surface area contributed by atoms with E-state index in [4.69, 9.17) is 5.26 Å². The summed E-state index contributed by atoms with van der Waals surface area (Å²) < 4.78 is 0. The highest BCUT2D eigenvalue weighted by Gasteiger charge is 2.14. The van der Waals surface area contributed by atoms with Crippen LogP contribution in [-0.2, 0) is 0 Å². The molecular weight excluding hydrogens is 252 g/mol. The van der Waals surface area contributed by atoms with Crippen LogP contribution in [0.5, 0.6) is 0 Å². The highest BCUT2D eigenvalue weighted by Crippen LogP contribution is 2.30. The number of aromatic nitrogens is 2. The molecule has 0 N–H and O–H groups in total. The predicted octanol–water partition coefficient (Wildman–Crippen LogP) is 2.41. The van der Waals surface area contributed by atoms with Gasteiger partial charge in [0.05, 0.1) is 4.92 Å². The van der Waals surface area contributed by atoms with Gasteiger partial charge < -0.3 is 0 Å². The number of nitro groups is 1. The molecule has 7 heteroatoms. The van der Waals surface area contributed by atoms with Crippen LogP contribution in [0.15, 0.2) is 46.7 Å². The fraction of sp³-hybridized carbons (Fsp3) is 0. The minimum atomic E-state index is -0.567. The van der Waals surface area contributed by atoms with E-state index in [0.717, 1.165) is 0 Å². The van der Waals surface area contributed by atoms with Crippen LogP contribution in [0.4, 0.5) is 5.69 Å². The molecule has 1 heterocycles. The van der Waals surface area contributed by atoms with Crippen molar-refractivity contribution in [1.29, 1.82) is 5.26 Å². The average molecular weight is 258 g/mol. The molecule has 0 aliphatic heterocycles. The summed E-state index contributed by atoms with van der Waals surface area (Å²) >= 11 is 1.27. The van der Waals surface area contributed by atoms with Crippen LogP contribution >= 0.6 is 11.8 Å². The Hall–Kier alpha value is -2.46. The van der Waals surface area contributed by atoms with Gasteiger partial charge in [-0.15, -0.1) is 0 Å². The van der Waals surface area contributed by atoms with E-state index < -0.39 is 4.92 Å². The molecule has 2 rings (SSSR count). The lowest BCUT2D eigenvalue weighted by Crippen LogP contribution is -1.92. The lowest BCUT2D eigenvalue weighted by Gasteiger charge is -2.01. The van der Waals surface area contributed by atoms with E-state index in [1.807, 2.05) is 0 Å². The molecule has 0 aliphatic rings. The maximum Gasteiger partial charge on any atom is 0.288 e. The summed E-state index contributed by atoms with van der Waals surface area (Å²) in [4.78, 5) is 18.7. The van der Waals surface area contributed by atoms with Crippen LogP contribution in [0.2, 0.25) is 0 Å². The molecule has 6 nitrogen and oxygen atoms in total.